The number of likely N-dealkylation sites (N-methyl/N-ethyl adjacent to an activating group) is 1. The number of aliphatic hydroxyl groups is 5. The van der Waals surface area contributed by atoms with Crippen LogP contribution in [0.4, 0.5) is 19.0 Å². The molecule has 298 valence electrons. The smallest absolute Gasteiger partial charge is 0.451 e. The van der Waals surface area contributed by atoms with Gasteiger partial charge in [-0.15, -0.1) is 0 Å². The van der Waals surface area contributed by atoms with Crippen molar-refractivity contribution in [2.45, 2.75) is 81.1 Å². The van der Waals surface area contributed by atoms with Crippen molar-refractivity contribution in [2.75, 3.05) is 38.2 Å². The van der Waals surface area contributed by atoms with Crippen LogP contribution in [0.25, 0.3) is 11.3 Å². The number of nitrogens with zero attached hydrogens (tertiary/aromatic N) is 4. The van der Waals surface area contributed by atoms with Gasteiger partial charge in [-0.05, 0) is 74.8 Å². The minimum atomic E-state index is -4.77. The normalized spacial score (nSPS) is 20.4. The number of nitrogens with one attached hydrogen (secondary N) is 2. The van der Waals surface area contributed by atoms with Gasteiger partial charge in [0.25, 0.3) is 0 Å². The molecule has 0 radical (unpaired) electrons. The van der Waals surface area contributed by atoms with Gasteiger partial charge in [0.15, 0.2) is 0 Å². The predicted molar refractivity (Wildman–Crippen MR) is 193 cm³/mol. The summed E-state index contributed by atoms with van der Waals surface area (Å²) in [6.07, 6.45) is -6.67. The Kier molecular flexibility index (Phi) is 15.5. The second-order valence-electron chi connectivity index (χ2n) is 13.6. The highest BCUT2D eigenvalue weighted by atomic mass is 19.4. The van der Waals surface area contributed by atoms with Gasteiger partial charge < -0.3 is 46.2 Å². The number of alkyl halides is 3. The Hall–Kier alpha value is -4.70. The quantitative estimate of drug-likeness (QED) is 0.117. The van der Waals surface area contributed by atoms with Crippen molar-refractivity contribution in [1.29, 1.82) is 5.26 Å². The van der Waals surface area contributed by atoms with Crippen LogP contribution in [0, 0.1) is 17.2 Å². The molecule has 1 saturated carbocycles. The minimum absolute atomic E-state index is 0.0434. The molecule has 14 nitrogen and oxygen atoms in total. The molecule has 1 amide bonds. The molecule has 0 spiro atoms. The Labute approximate surface area is 316 Å². The largest absolute Gasteiger partial charge is 0.481 e. The number of halogens is 3. The van der Waals surface area contributed by atoms with Crippen LogP contribution in [-0.4, -0.2) is 116 Å². The van der Waals surface area contributed by atoms with Gasteiger partial charge in [-0.25, -0.2) is 9.97 Å². The Morgan fingerprint density at radius 3 is 2.11 bits per heavy atom. The standard InChI is InChI=1S/C31H30F3N5O3.C7H17NO5/c32-31(33,34)30-37-25(23-9-5-21(6-10-23)22-7-11-24(12-8-22)29(41)42)17-27(38-30)39-16-14-26(39)28(40)36-15-13-19-1-3-20(18-35)4-2-19;1-8-2-4(10)6(12)7(13)5(11)3-9/h1-6,9-10,17,22,24,26H,7-8,11-16H2,(H,36,40)(H,41,42);4-13H,2-3H2,1H3/t22?,24?,26-;4-,5+,6+,7+/m00/s1. The first kappa shape index (κ1) is 43.0. The van der Waals surface area contributed by atoms with E-state index >= 15 is 0 Å². The predicted octanol–water partition coefficient (Wildman–Crippen LogP) is 1.97. The molecule has 1 aliphatic heterocycles. The average Bonchev–Trinajstić information content (AvgIpc) is 3.16. The van der Waals surface area contributed by atoms with Crippen LogP contribution < -0.4 is 15.5 Å². The van der Waals surface area contributed by atoms with Crippen LogP contribution in [0.1, 0.15) is 60.5 Å². The summed E-state index contributed by atoms with van der Waals surface area (Å²) in [6.45, 7) is 0.169. The molecule has 5 atom stereocenters. The molecule has 0 unspecified atom stereocenters. The molecule has 2 aliphatic rings. The van der Waals surface area contributed by atoms with Gasteiger partial charge in [0.2, 0.25) is 11.7 Å². The summed E-state index contributed by atoms with van der Waals surface area (Å²) in [5.74, 6) is -2.39. The minimum Gasteiger partial charge on any atom is -0.481 e. The summed E-state index contributed by atoms with van der Waals surface area (Å²) in [6, 6.07) is 17.1. The lowest BCUT2D eigenvalue weighted by Crippen LogP contribution is -2.57. The number of nitriles is 1. The molecule has 55 heavy (non-hydrogen) atoms. The fourth-order valence-electron chi connectivity index (χ4n) is 6.48. The molecular formula is C38H47F3N6O8. The fraction of sp³-hybridized carbons (Fsp3) is 0.500. The van der Waals surface area contributed by atoms with E-state index in [1.165, 1.54) is 6.07 Å². The van der Waals surface area contributed by atoms with E-state index in [9.17, 15) is 33.0 Å². The van der Waals surface area contributed by atoms with E-state index in [1.807, 2.05) is 24.3 Å². The van der Waals surface area contributed by atoms with Crippen molar-refractivity contribution < 1.29 is 53.4 Å². The van der Waals surface area contributed by atoms with Gasteiger partial charge in [0, 0.05) is 31.3 Å². The number of aromatic nitrogens is 2. The second-order valence-corrected chi connectivity index (χ2v) is 13.6. The molecule has 17 heteroatoms. The monoisotopic (exact) mass is 772 g/mol. The van der Waals surface area contributed by atoms with Crippen molar-refractivity contribution >= 4 is 17.7 Å². The van der Waals surface area contributed by atoms with Crippen molar-refractivity contribution in [1.82, 2.24) is 20.6 Å². The van der Waals surface area contributed by atoms with E-state index < -0.39 is 55.0 Å². The summed E-state index contributed by atoms with van der Waals surface area (Å²) < 4.78 is 41.4. The van der Waals surface area contributed by atoms with Gasteiger partial charge in [-0.2, -0.15) is 18.4 Å². The number of aliphatic carboxylic acids is 1. The highest BCUT2D eigenvalue weighted by Crippen LogP contribution is 2.38. The summed E-state index contributed by atoms with van der Waals surface area (Å²) in [5.41, 5.74) is 3.13. The zero-order chi connectivity index (χ0) is 40.3. The van der Waals surface area contributed by atoms with Crippen LogP contribution in [0.2, 0.25) is 0 Å². The highest BCUT2D eigenvalue weighted by molar-refractivity contribution is 5.87. The molecule has 8 N–H and O–H groups in total. The van der Waals surface area contributed by atoms with Gasteiger partial charge >= 0.3 is 12.1 Å². The summed E-state index contributed by atoms with van der Waals surface area (Å²) in [7, 11) is 1.57. The molecular weight excluding hydrogens is 725 g/mol. The van der Waals surface area contributed by atoms with E-state index in [4.69, 9.17) is 25.7 Å². The number of benzene rings is 2. The first-order valence-electron chi connectivity index (χ1n) is 18.0. The lowest BCUT2D eigenvalue weighted by atomic mass is 9.78. The molecule has 2 heterocycles. The SMILES string of the molecule is CNC[C@H](O)[C@@H](O)[C@H](O)[C@H](O)CO.N#Cc1ccc(CCNC(=O)[C@@H]2CCN2c2cc(-c3ccc(C4CCC(C(=O)O)CC4)cc3)nc(C(F)(F)F)n2)cc1. The third-order valence-corrected chi connectivity index (χ3v) is 9.87. The summed E-state index contributed by atoms with van der Waals surface area (Å²) in [4.78, 5) is 33.3. The van der Waals surface area contributed by atoms with Gasteiger partial charge in [0.05, 0.1) is 36.0 Å². The zero-order valence-corrected chi connectivity index (χ0v) is 30.2. The molecule has 3 aromatic rings. The number of amides is 1. The number of hydrogen-bond donors (Lipinski definition) is 8. The third-order valence-electron chi connectivity index (χ3n) is 9.87. The van der Waals surface area contributed by atoms with Crippen LogP contribution in [-0.2, 0) is 22.2 Å². The second kappa shape index (κ2) is 19.8. The van der Waals surface area contributed by atoms with Crippen LogP contribution in [0.3, 0.4) is 0 Å². The van der Waals surface area contributed by atoms with Crippen LogP contribution >= 0.6 is 0 Å². The van der Waals surface area contributed by atoms with Crippen molar-refractivity contribution in [3.05, 3.63) is 77.1 Å². The Balaban J connectivity index is 0.000000444. The first-order chi connectivity index (χ1) is 26.2. The number of anilines is 1. The fourth-order valence-corrected chi connectivity index (χ4v) is 6.48. The van der Waals surface area contributed by atoms with Crippen LogP contribution in [0.5, 0.6) is 0 Å². The van der Waals surface area contributed by atoms with Crippen molar-refractivity contribution in [2.24, 2.45) is 5.92 Å². The maximum Gasteiger partial charge on any atom is 0.451 e. The number of carbonyl (C=O) groups is 2. The number of rotatable bonds is 14. The van der Waals surface area contributed by atoms with Crippen molar-refractivity contribution in [3.63, 3.8) is 0 Å². The summed E-state index contributed by atoms with van der Waals surface area (Å²) in [5, 5.41) is 68.5. The van der Waals surface area contributed by atoms with Crippen molar-refractivity contribution in [3.8, 4) is 17.3 Å². The van der Waals surface area contributed by atoms with Gasteiger partial charge in [-0.3, -0.25) is 9.59 Å². The van der Waals surface area contributed by atoms with Gasteiger partial charge in [-0.1, -0.05) is 36.4 Å². The Morgan fingerprint density at radius 2 is 1.58 bits per heavy atom. The number of aliphatic hydroxyl groups excluding tert-OH is 5. The zero-order valence-electron chi connectivity index (χ0n) is 30.2. The molecule has 1 saturated heterocycles. The highest BCUT2D eigenvalue weighted by Gasteiger charge is 2.39. The molecule has 2 aromatic carbocycles. The lowest BCUT2D eigenvalue weighted by Gasteiger charge is -2.40. The van der Waals surface area contributed by atoms with E-state index in [0.29, 0.717) is 49.9 Å². The van der Waals surface area contributed by atoms with Crippen LogP contribution in [0.15, 0.2) is 54.6 Å². The molecule has 5 rings (SSSR count). The summed E-state index contributed by atoms with van der Waals surface area (Å²) >= 11 is 0. The average molecular weight is 773 g/mol. The van der Waals surface area contributed by atoms with E-state index in [-0.39, 0.29) is 35.8 Å². The topological polar surface area (TPSA) is 232 Å². The molecule has 1 aliphatic carbocycles. The van der Waals surface area contributed by atoms with E-state index in [2.05, 4.69) is 26.7 Å². The number of carboxylic acids is 1. The first-order valence-corrected chi connectivity index (χ1v) is 18.0. The lowest BCUT2D eigenvalue weighted by molar-refractivity contribution is -0.145. The van der Waals surface area contributed by atoms with E-state index in [0.717, 1.165) is 24.0 Å². The molecule has 1 aromatic heterocycles. The number of carboxylic acid groups (broad SMARTS) is 1. The molecule has 2 fully saturated rings. The molecule has 0 bridgehead atoms. The maximum absolute atomic E-state index is 13.8. The Morgan fingerprint density at radius 1 is 0.945 bits per heavy atom. The number of hydrogen-bond acceptors (Lipinski definition) is 12. The van der Waals surface area contributed by atoms with Gasteiger partial charge in [0.1, 0.15) is 30.2 Å². The number of carbonyl (C=O) groups excluding carboxylic acids is 1. The maximum atomic E-state index is 13.8. The Bertz CT molecular complexity index is 1750. The van der Waals surface area contributed by atoms with E-state index in [1.54, 1.807) is 36.2 Å². The third kappa shape index (κ3) is 11.7.